The summed E-state index contributed by atoms with van der Waals surface area (Å²) >= 11 is 6.11. The molecule has 28 heavy (non-hydrogen) atoms. The predicted molar refractivity (Wildman–Crippen MR) is 112 cm³/mol. The highest BCUT2D eigenvalue weighted by atomic mass is 35.5. The van der Waals surface area contributed by atoms with Crippen molar-refractivity contribution < 1.29 is 13.2 Å². The van der Waals surface area contributed by atoms with Crippen molar-refractivity contribution in [1.82, 2.24) is 4.31 Å². The Bertz CT molecular complexity index is 1000. The Hall–Kier alpha value is -1.89. The first-order chi connectivity index (χ1) is 13.2. The summed E-state index contributed by atoms with van der Waals surface area (Å²) in [7, 11) is -3.69. The van der Waals surface area contributed by atoms with E-state index >= 15 is 0 Å². The maximum absolute atomic E-state index is 13.0. The van der Waals surface area contributed by atoms with Crippen LogP contribution in [0.5, 0.6) is 0 Å². The fourth-order valence-electron chi connectivity index (χ4n) is 3.36. The van der Waals surface area contributed by atoms with Crippen molar-refractivity contribution in [2.45, 2.75) is 38.5 Å². The van der Waals surface area contributed by atoms with Crippen molar-refractivity contribution in [3.63, 3.8) is 0 Å². The number of hydrogen-bond donors (Lipinski definition) is 1. The van der Waals surface area contributed by atoms with E-state index in [1.54, 1.807) is 12.1 Å². The lowest BCUT2D eigenvalue weighted by Crippen LogP contribution is -2.43. The van der Waals surface area contributed by atoms with Gasteiger partial charge in [-0.1, -0.05) is 29.8 Å². The fraction of sp³-hybridized carbons (Fsp3) is 0.381. The van der Waals surface area contributed by atoms with Crippen molar-refractivity contribution in [2.24, 2.45) is 5.92 Å². The third-order valence-electron chi connectivity index (χ3n) is 5.19. The molecule has 7 heteroatoms. The molecule has 2 aromatic carbocycles. The minimum absolute atomic E-state index is 0.143. The number of nitrogens with zero attached hydrogens (tertiary/aromatic N) is 1. The molecule has 2 aromatic rings. The van der Waals surface area contributed by atoms with Crippen molar-refractivity contribution in [3.8, 4) is 0 Å². The SMILES string of the molecule is Cc1ccc(C)c(NC(=O)C2CCCN(S(=O)(=O)c3ccc(C)c(Cl)c3)C2)c1. The molecule has 1 saturated heterocycles. The number of piperidine rings is 1. The monoisotopic (exact) mass is 420 g/mol. The average molecular weight is 421 g/mol. The number of rotatable bonds is 4. The Morgan fingerprint density at radius 3 is 2.54 bits per heavy atom. The van der Waals surface area contributed by atoms with Gasteiger partial charge in [-0.05, 0) is 68.5 Å². The van der Waals surface area contributed by atoms with Gasteiger partial charge in [-0.15, -0.1) is 0 Å². The van der Waals surface area contributed by atoms with Crippen LogP contribution >= 0.6 is 11.6 Å². The van der Waals surface area contributed by atoms with Gasteiger partial charge in [-0.25, -0.2) is 8.42 Å². The average Bonchev–Trinajstić information content (AvgIpc) is 2.67. The molecule has 1 fully saturated rings. The molecular weight excluding hydrogens is 396 g/mol. The van der Waals surface area contributed by atoms with Crippen LogP contribution < -0.4 is 5.32 Å². The number of benzene rings is 2. The highest BCUT2D eigenvalue weighted by molar-refractivity contribution is 7.89. The van der Waals surface area contributed by atoms with Crippen molar-refractivity contribution >= 4 is 33.2 Å². The molecular formula is C21H25ClN2O3S. The van der Waals surface area contributed by atoms with E-state index in [1.165, 1.54) is 10.4 Å². The predicted octanol–water partition coefficient (Wildman–Crippen LogP) is 4.30. The Balaban J connectivity index is 1.76. The summed E-state index contributed by atoms with van der Waals surface area (Å²) in [5, 5.41) is 3.39. The maximum atomic E-state index is 13.0. The fourth-order valence-corrected chi connectivity index (χ4v) is 5.16. The largest absolute Gasteiger partial charge is 0.326 e. The second-order valence-electron chi connectivity index (χ2n) is 7.42. The summed E-state index contributed by atoms with van der Waals surface area (Å²) in [6, 6.07) is 10.6. The second-order valence-corrected chi connectivity index (χ2v) is 9.77. The number of carbonyl (C=O) groups is 1. The Morgan fingerprint density at radius 2 is 1.82 bits per heavy atom. The summed E-state index contributed by atoms with van der Waals surface area (Å²) in [6.07, 6.45) is 1.31. The zero-order valence-electron chi connectivity index (χ0n) is 16.3. The topological polar surface area (TPSA) is 66.5 Å². The van der Waals surface area contributed by atoms with E-state index in [-0.39, 0.29) is 23.3 Å². The van der Waals surface area contributed by atoms with Crippen LogP contribution in [0.4, 0.5) is 5.69 Å². The lowest BCUT2D eigenvalue weighted by Gasteiger charge is -2.31. The maximum Gasteiger partial charge on any atom is 0.243 e. The van der Waals surface area contributed by atoms with Crippen molar-refractivity contribution in [3.05, 3.63) is 58.1 Å². The van der Waals surface area contributed by atoms with Gasteiger partial charge in [-0.3, -0.25) is 4.79 Å². The van der Waals surface area contributed by atoms with E-state index in [2.05, 4.69) is 5.32 Å². The molecule has 0 aliphatic carbocycles. The number of hydrogen-bond acceptors (Lipinski definition) is 3. The molecule has 3 rings (SSSR count). The van der Waals surface area contributed by atoms with Gasteiger partial charge >= 0.3 is 0 Å². The number of halogens is 1. The summed E-state index contributed by atoms with van der Waals surface area (Å²) in [5.41, 5.74) is 3.64. The number of nitrogens with one attached hydrogen (secondary N) is 1. The van der Waals surface area contributed by atoms with Gasteiger partial charge < -0.3 is 5.32 Å². The summed E-state index contributed by atoms with van der Waals surface area (Å²) in [4.78, 5) is 13.0. The van der Waals surface area contributed by atoms with Crippen LogP contribution in [0.3, 0.4) is 0 Å². The molecule has 1 amide bonds. The van der Waals surface area contributed by atoms with Crippen LogP contribution in [0, 0.1) is 26.7 Å². The molecule has 1 heterocycles. The highest BCUT2D eigenvalue weighted by Gasteiger charge is 2.33. The lowest BCUT2D eigenvalue weighted by molar-refractivity contribution is -0.120. The third kappa shape index (κ3) is 4.40. The van der Waals surface area contributed by atoms with Crippen LogP contribution in [0.1, 0.15) is 29.5 Å². The molecule has 150 valence electrons. The van der Waals surface area contributed by atoms with Gasteiger partial charge in [-0.2, -0.15) is 4.31 Å². The first-order valence-corrected chi connectivity index (χ1v) is 11.1. The molecule has 0 aromatic heterocycles. The molecule has 0 saturated carbocycles. The molecule has 1 N–H and O–H groups in total. The van der Waals surface area contributed by atoms with Crippen LogP contribution in [-0.4, -0.2) is 31.7 Å². The Morgan fingerprint density at radius 1 is 1.11 bits per heavy atom. The first-order valence-electron chi connectivity index (χ1n) is 9.33. The standard InChI is InChI=1S/C21H25ClN2O3S/c1-14-6-7-16(3)20(11-14)23-21(25)17-5-4-10-24(13-17)28(26,27)18-9-8-15(2)19(22)12-18/h6-9,11-12,17H,4-5,10,13H2,1-3H3,(H,23,25). The third-order valence-corrected chi connectivity index (χ3v) is 7.46. The van der Waals surface area contributed by atoms with Crippen LogP contribution in [-0.2, 0) is 14.8 Å². The molecule has 0 bridgehead atoms. The van der Waals surface area contributed by atoms with Gasteiger partial charge in [0, 0.05) is 23.8 Å². The minimum Gasteiger partial charge on any atom is -0.326 e. The highest BCUT2D eigenvalue weighted by Crippen LogP contribution is 2.27. The smallest absolute Gasteiger partial charge is 0.243 e. The van der Waals surface area contributed by atoms with Gasteiger partial charge in [0.2, 0.25) is 15.9 Å². The van der Waals surface area contributed by atoms with Crippen LogP contribution in [0.2, 0.25) is 5.02 Å². The zero-order chi connectivity index (χ0) is 20.5. The summed E-state index contributed by atoms with van der Waals surface area (Å²) in [5.74, 6) is -0.528. The number of aryl methyl sites for hydroxylation is 3. The molecule has 5 nitrogen and oxygen atoms in total. The van der Waals surface area contributed by atoms with Crippen LogP contribution in [0.15, 0.2) is 41.3 Å². The van der Waals surface area contributed by atoms with E-state index in [9.17, 15) is 13.2 Å². The van der Waals surface area contributed by atoms with Crippen molar-refractivity contribution in [2.75, 3.05) is 18.4 Å². The summed E-state index contributed by atoms with van der Waals surface area (Å²) < 4.78 is 27.4. The number of carbonyl (C=O) groups excluding carboxylic acids is 1. The molecule has 0 radical (unpaired) electrons. The zero-order valence-corrected chi connectivity index (χ0v) is 17.9. The lowest BCUT2D eigenvalue weighted by atomic mass is 9.98. The number of anilines is 1. The second kappa shape index (κ2) is 8.23. The first kappa shape index (κ1) is 20.8. The van der Waals surface area contributed by atoms with Gasteiger partial charge in [0.05, 0.1) is 10.8 Å². The van der Waals surface area contributed by atoms with E-state index in [1.807, 2.05) is 39.0 Å². The van der Waals surface area contributed by atoms with Gasteiger partial charge in [0.25, 0.3) is 0 Å². The number of amides is 1. The Labute approximate surface area is 171 Å². The minimum atomic E-state index is -3.69. The molecule has 1 unspecified atom stereocenters. The van der Waals surface area contributed by atoms with Crippen molar-refractivity contribution in [1.29, 1.82) is 0 Å². The molecule has 1 aliphatic rings. The molecule has 1 atom stereocenters. The molecule has 0 spiro atoms. The quantitative estimate of drug-likeness (QED) is 0.801. The van der Waals surface area contributed by atoms with Crippen LogP contribution in [0.25, 0.3) is 0 Å². The van der Waals surface area contributed by atoms with E-state index in [4.69, 9.17) is 11.6 Å². The number of sulfonamides is 1. The van der Waals surface area contributed by atoms with E-state index in [0.717, 1.165) is 22.4 Å². The van der Waals surface area contributed by atoms with Gasteiger partial charge in [0.1, 0.15) is 0 Å². The van der Waals surface area contributed by atoms with Gasteiger partial charge in [0.15, 0.2) is 0 Å². The van der Waals surface area contributed by atoms with E-state index in [0.29, 0.717) is 24.4 Å². The van der Waals surface area contributed by atoms with E-state index < -0.39 is 10.0 Å². The summed E-state index contributed by atoms with van der Waals surface area (Å²) in [6.45, 7) is 6.31. The normalized spacial score (nSPS) is 18.1. The Kier molecular flexibility index (Phi) is 6.12. The molecule has 1 aliphatic heterocycles.